The Balaban J connectivity index is -0.000000309. The number of hydrogen-bond donors (Lipinski definition) is 0. The molecule has 1 aromatic rings. The second-order valence-electron chi connectivity index (χ2n) is 10.9. The molecule has 0 saturated heterocycles. The van der Waals surface area contributed by atoms with E-state index in [0.717, 1.165) is 31.2 Å². The summed E-state index contributed by atoms with van der Waals surface area (Å²) in [5.74, 6) is -2.01. The Morgan fingerprint density at radius 3 is 1.12 bits per heavy atom. The van der Waals surface area contributed by atoms with E-state index in [1.165, 1.54) is 122 Å². The third kappa shape index (κ3) is 43.4. The largest absolute Gasteiger partial charge is 2.00 e. The molecule has 242 valence electrons. The van der Waals surface area contributed by atoms with Crippen LogP contribution in [0.5, 0.6) is 0 Å². The molecule has 0 aliphatic carbocycles. The maximum atomic E-state index is 10.3. The van der Waals surface area contributed by atoms with Gasteiger partial charge in [0.1, 0.15) is 0 Å². The summed E-state index contributed by atoms with van der Waals surface area (Å²) in [7, 11) is 0. The maximum absolute atomic E-state index is 10.3. The summed E-state index contributed by atoms with van der Waals surface area (Å²) in [4.78, 5) is 20.6. The van der Waals surface area contributed by atoms with Gasteiger partial charge < -0.3 is 19.8 Å². The minimum Gasteiger partial charge on any atom is -0.550 e. The molecule has 0 aliphatic rings. The van der Waals surface area contributed by atoms with Crippen molar-refractivity contribution in [1.82, 2.24) is 0 Å². The van der Waals surface area contributed by atoms with Gasteiger partial charge in [0, 0.05) is 11.5 Å². The number of hydrogen-bond acceptors (Lipinski definition) is 4. The number of rotatable bonds is 22. The van der Waals surface area contributed by atoms with Crippen molar-refractivity contribution in [2.45, 2.75) is 175 Å². The van der Waals surface area contributed by atoms with Gasteiger partial charge in [-0.25, -0.2) is 0 Å². The zero-order valence-corrected chi connectivity index (χ0v) is 31.0. The van der Waals surface area contributed by atoms with Gasteiger partial charge in [-0.1, -0.05) is 194 Å². The Kier molecular flexibility index (Phi) is 48.0. The SMILES string of the molecule is CCCCCCCCCCCCCCCCCCCCC(=O)[O-].Cc1ccccc1C(=O)[O-].[CH2]CCC.[CH2]CCC.[Sn+2]. The van der Waals surface area contributed by atoms with Crippen LogP contribution in [0.15, 0.2) is 24.3 Å². The van der Waals surface area contributed by atoms with Crippen molar-refractivity contribution in [3.63, 3.8) is 0 Å². The molecule has 0 spiro atoms. The summed E-state index contributed by atoms with van der Waals surface area (Å²) in [5.41, 5.74) is 1.00. The molecule has 0 N–H and O–H groups in total. The topological polar surface area (TPSA) is 80.3 Å². The fourth-order valence-electron chi connectivity index (χ4n) is 3.97. The van der Waals surface area contributed by atoms with E-state index in [-0.39, 0.29) is 35.9 Å². The summed E-state index contributed by atoms with van der Waals surface area (Å²) in [5, 5.41) is 20.6. The molecule has 0 atom stereocenters. The zero-order chi connectivity index (χ0) is 31.4. The number of benzene rings is 1. The van der Waals surface area contributed by atoms with Gasteiger partial charge in [0.25, 0.3) is 0 Å². The molecule has 0 heterocycles. The molecule has 0 aliphatic heterocycles. The predicted octanol–water partition coefficient (Wildman–Crippen LogP) is 9.39. The molecule has 0 saturated carbocycles. The molecule has 0 fully saturated rings. The predicted molar refractivity (Wildman–Crippen MR) is 180 cm³/mol. The van der Waals surface area contributed by atoms with Crippen LogP contribution < -0.4 is 10.2 Å². The molecular weight excluding hydrogens is 627 g/mol. The second kappa shape index (κ2) is 42.1. The fraction of sp³-hybridized carbons (Fsp3) is 0.730. The Labute approximate surface area is 279 Å². The van der Waals surface area contributed by atoms with Gasteiger partial charge in [-0.05, 0) is 25.3 Å². The first-order valence-corrected chi connectivity index (χ1v) is 16.9. The van der Waals surface area contributed by atoms with Gasteiger partial charge in [-0.3, -0.25) is 0 Å². The number of aliphatic carboxylic acids is 1. The summed E-state index contributed by atoms with van der Waals surface area (Å²) >= 11 is 0. The molecule has 4 nitrogen and oxygen atoms in total. The van der Waals surface area contributed by atoms with Gasteiger partial charge in [0.05, 0.1) is 5.97 Å². The van der Waals surface area contributed by atoms with Crippen molar-refractivity contribution in [3.05, 3.63) is 49.2 Å². The van der Waals surface area contributed by atoms with Crippen molar-refractivity contribution >= 4 is 35.8 Å². The zero-order valence-electron chi connectivity index (χ0n) is 28.1. The number of carboxylic acids is 2. The van der Waals surface area contributed by atoms with Crippen LogP contribution >= 0.6 is 0 Å². The Morgan fingerprint density at radius 2 is 0.881 bits per heavy atom. The normalized spacial score (nSPS) is 9.67. The summed E-state index contributed by atoms with van der Waals surface area (Å²) in [6, 6.07) is 6.75. The number of aromatic carboxylic acids is 1. The van der Waals surface area contributed by atoms with Gasteiger partial charge in [-0.2, -0.15) is 0 Å². The maximum Gasteiger partial charge on any atom is 2.00 e. The second-order valence-corrected chi connectivity index (χ2v) is 10.9. The van der Waals surface area contributed by atoms with Gasteiger partial charge >= 0.3 is 23.9 Å². The summed E-state index contributed by atoms with van der Waals surface area (Å²) < 4.78 is 0. The van der Waals surface area contributed by atoms with Crippen LogP contribution in [-0.2, 0) is 4.79 Å². The molecule has 1 aromatic carbocycles. The van der Waals surface area contributed by atoms with Crippen molar-refractivity contribution in [1.29, 1.82) is 0 Å². The van der Waals surface area contributed by atoms with E-state index in [1.54, 1.807) is 25.1 Å². The van der Waals surface area contributed by atoms with Crippen molar-refractivity contribution in [2.24, 2.45) is 0 Å². The van der Waals surface area contributed by atoms with E-state index < -0.39 is 11.9 Å². The van der Waals surface area contributed by atoms with Crippen LogP contribution in [0.1, 0.15) is 184 Å². The first kappa shape index (κ1) is 47.9. The van der Waals surface area contributed by atoms with E-state index in [1.807, 2.05) is 0 Å². The molecule has 42 heavy (non-hydrogen) atoms. The third-order valence-corrected chi connectivity index (χ3v) is 6.81. The van der Waals surface area contributed by atoms with E-state index >= 15 is 0 Å². The quantitative estimate of drug-likeness (QED) is 0.0896. The Bertz CT molecular complexity index is 655. The summed E-state index contributed by atoms with van der Waals surface area (Å²) in [6.45, 7) is 15.5. The first-order chi connectivity index (χ1) is 19.8. The number of carbonyl (C=O) groups is 2. The third-order valence-electron chi connectivity index (χ3n) is 6.81. The molecule has 4 radical (unpaired) electrons. The van der Waals surface area contributed by atoms with Crippen LogP contribution in [0.25, 0.3) is 0 Å². The van der Waals surface area contributed by atoms with Crippen LogP contribution in [0.4, 0.5) is 0 Å². The average Bonchev–Trinajstić information content (AvgIpc) is 2.97. The Hall–Kier alpha value is -1.04. The molecule has 0 unspecified atom stereocenters. The van der Waals surface area contributed by atoms with Gasteiger partial charge in [0.15, 0.2) is 0 Å². The molecule has 0 aromatic heterocycles. The van der Waals surface area contributed by atoms with Gasteiger partial charge in [0.2, 0.25) is 0 Å². The molecular formula is C37H66O4Sn. The van der Waals surface area contributed by atoms with E-state index in [2.05, 4.69) is 34.6 Å². The molecule has 5 heteroatoms. The van der Waals surface area contributed by atoms with Crippen LogP contribution in [0.2, 0.25) is 0 Å². The van der Waals surface area contributed by atoms with E-state index in [4.69, 9.17) is 0 Å². The van der Waals surface area contributed by atoms with Gasteiger partial charge in [-0.15, -0.1) is 0 Å². The van der Waals surface area contributed by atoms with E-state index in [9.17, 15) is 19.8 Å². The van der Waals surface area contributed by atoms with Crippen molar-refractivity contribution in [3.8, 4) is 0 Å². The van der Waals surface area contributed by atoms with Crippen LogP contribution in [-0.4, -0.2) is 35.8 Å². The number of aryl methyl sites for hydroxylation is 1. The minimum atomic E-state index is -1.11. The minimum absolute atomic E-state index is 0. The van der Waals surface area contributed by atoms with Crippen molar-refractivity contribution < 1.29 is 19.8 Å². The standard InChI is InChI=1S/C21H42O2.C8H8O2.2C4H9.Sn/c1-2-3-4-5-6-7-8-9-10-11-12-13-14-15-16-17-18-19-20-21(22)23;1-6-4-2-3-5-7(6)8(9)10;2*1-3-4-2;/h2-20H2,1H3,(H,22,23);2-5H,1H3,(H,9,10);2*1,3-4H2,2H3;/q;;;;+2/p-2. The van der Waals surface area contributed by atoms with Crippen LogP contribution in [0.3, 0.4) is 0 Å². The average molecular weight is 694 g/mol. The first-order valence-electron chi connectivity index (χ1n) is 16.9. The van der Waals surface area contributed by atoms with Crippen LogP contribution in [0, 0.1) is 20.8 Å². The number of carboxylic acid groups (broad SMARTS) is 2. The monoisotopic (exact) mass is 694 g/mol. The molecule has 0 amide bonds. The van der Waals surface area contributed by atoms with E-state index in [0.29, 0.717) is 0 Å². The smallest absolute Gasteiger partial charge is 0.550 e. The van der Waals surface area contributed by atoms with Crippen molar-refractivity contribution in [2.75, 3.05) is 0 Å². The Morgan fingerprint density at radius 1 is 0.571 bits per heavy atom. The molecule has 0 bridgehead atoms. The molecule has 1 rings (SSSR count). The summed E-state index contributed by atoms with van der Waals surface area (Å²) in [6.07, 6.45) is 28.8. The number of carbonyl (C=O) groups excluding carboxylic acids is 2. The fourth-order valence-corrected chi connectivity index (χ4v) is 3.97. The number of unbranched alkanes of at least 4 members (excludes halogenated alkanes) is 19.